The quantitative estimate of drug-likeness (QED) is 0.165. The molecule has 0 saturated carbocycles. The minimum absolute atomic E-state index is 0.929. The summed E-state index contributed by atoms with van der Waals surface area (Å²) in [6.45, 7) is 0. The second-order valence-electron chi connectivity index (χ2n) is 15.1. The molecule has 10 aromatic carbocycles. The van der Waals surface area contributed by atoms with Crippen molar-refractivity contribution in [1.29, 1.82) is 0 Å². The lowest BCUT2D eigenvalue weighted by molar-refractivity contribution is 0.672. The highest BCUT2D eigenvalue weighted by Crippen LogP contribution is 2.51. The standard InChI is InChI=1S/C27H16S.C26H15NO/c1-2-8-17-16(7-1)13-14-20-22(17)15-23-25(20)18-9-3-4-10-19(18)26-21-11-5-6-12-24(21)28-27(23)26;1-2-8-16-15(7-1)13-14-20-22-17-9-3-4-10-18(17)23-19-11-5-6-12-21(19)28-26(23)25(22)27-24(16)20/h1-14H,15H2;1-14,27H. The van der Waals surface area contributed by atoms with Crippen LogP contribution in [0, 0.1) is 0 Å². The molecule has 1 aliphatic carbocycles. The summed E-state index contributed by atoms with van der Waals surface area (Å²) in [5.74, 6) is 0. The molecule has 0 amide bonds. The Bertz CT molecular complexity index is 3800. The average Bonchev–Trinajstić information content (AvgIpc) is 4.05. The van der Waals surface area contributed by atoms with Gasteiger partial charge < -0.3 is 9.40 Å². The number of nitrogens with one attached hydrogen (secondary N) is 1. The summed E-state index contributed by atoms with van der Waals surface area (Å²) in [6, 6.07) is 61.2. The first-order valence-electron chi connectivity index (χ1n) is 19.3. The molecule has 14 rings (SSSR count). The van der Waals surface area contributed by atoms with E-state index >= 15 is 0 Å². The van der Waals surface area contributed by atoms with E-state index in [4.69, 9.17) is 4.42 Å². The Labute approximate surface area is 324 Å². The zero-order valence-electron chi connectivity index (χ0n) is 30.2. The fourth-order valence-electron chi connectivity index (χ4n) is 9.93. The topological polar surface area (TPSA) is 28.9 Å². The SMILES string of the molecule is c1ccc2c(c1)ccc1c2[nH]c2c3oc4ccccc4c3c3ccccc3c12.c1ccc2c3c(ccc2c1)-c1c(c2sc4ccccc4c2c2ccccc12)C3. The van der Waals surface area contributed by atoms with E-state index in [9.17, 15) is 0 Å². The Morgan fingerprint density at radius 3 is 1.80 bits per heavy atom. The lowest BCUT2D eigenvalue weighted by atomic mass is 9.94. The number of hydrogen-bond acceptors (Lipinski definition) is 2. The average molecular weight is 730 g/mol. The van der Waals surface area contributed by atoms with Crippen LogP contribution < -0.4 is 0 Å². The first kappa shape index (κ1) is 30.4. The molecule has 3 heterocycles. The van der Waals surface area contributed by atoms with Gasteiger partial charge in [-0.15, -0.1) is 11.3 Å². The zero-order valence-corrected chi connectivity index (χ0v) is 31.0. The molecule has 2 nitrogen and oxygen atoms in total. The van der Waals surface area contributed by atoms with Crippen LogP contribution in [-0.4, -0.2) is 4.98 Å². The molecule has 260 valence electrons. The first-order chi connectivity index (χ1) is 27.8. The lowest BCUT2D eigenvalue weighted by Gasteiger charge is -2.10. The monoisotopic (exact) mass is 729 g/mol. The maximum atomic E-state index is 6.38. The van der Waals surface area contributed by atoms with E-state index in [2.05, 4.69) is 163 Å². The molecule has 3 heteroatoms. The molecule has 0 spiro atoms. The number of para-hydroxylation sites is 1. The summed E-state index contributed by atoms with van der Waals surface area (Å²) in [5.41, 5.74) is 10.0. The fraction of sp³-hybridized carbons (Fsp3) is 0.0189. The van der Waals surface area contributed by atoms with Gasteiger partial charge in [0.25, 0.3) is 0 Å². The van der Waals surface area contributed by atoms with E-state index in [1.165, 1.54) is 113 Å². The van der Waals surface area contributed by atoms with Crippen LogP contribution in [0.25, 0.3) is 118 Å². The predicted molar refractivity (Wildman–Crippen MR) is 241 cm³/mol. The Morgan fingerprint density at radius 1 is 0.411 bits per heavy atom. The summed E-state index contributed by atoms with van der Waals surface area (Å²) < 4.78 is 9.24. The Morgan fingerprint density at radius 2 is 1.00 bits per heavy atom. The molecule has 0 radical (unpaired) electrons. The van der Waals surface area contributed by atoms with Gasteiger partial charge in [0.1, 0.15) is 5.58 Å². The number of hydrogen-bond donors (Lipinski definition) is 1. The van der Waals surface area contributed by atoms with Gasteiger partial charge in [0.15, 0.2) is 5.58 Å². The molecule has 0 atom stereocenters. The minimum Gasteiger partial charge on any atom is -0.454 e. The minimum atomic E-state index is 0.929. The lowest BCUT2D eigenvalue weighted by Crippen LogP contribution is -1.85. The number of H-pyrrole nitrogens is 1. The van der Waals surface area contributed by atoms with Crippen molar-refractivity contribution in [2.45, 2.75) is 6.42 Å². The van der Waals surface area contributed by atoms with Crippen molar-refractivity contribution in [2.24, 2.45) is 0 Å². The second kappa shape index (κ2) is 11.3. The summed E-state index contributed by atoms with van der Waals surface area (Å²) in [4.78, 5) is 3.72. The van der Waals surface area contributed by atoms with Gasteiger partial charge in [-0.05, 0) is 72.1 Å². The third-order valence-corrected chi connectivity index (χ3v) is 13.5. The Balaban J connectivity index is 0.000000118. The Hall–Kier alpha value is -6.94. The summed E-state index contributed by atoms with van der Waals surface area (Å²) in [6.07, 6.45) is 1.03. The van der Waals surface area contributed by atoms with Crippen LogP contribution >= 0.6 is 11.3 Å². The number of furan rings is 1. The highest BCUT2D eigenvalue weighted by Gasteiger charge is 2.27. The highest BCUT2D eigenvalue weighted by atomic mass is 32.1. The highest BCUT2D eigenvalue weighted by molar-refractivity contribution is 7.26. The molecule has 56 heavy (non-hydrogen) atoms. The van der Waals surface area contributed by atoms with Gasteiger partial charge in [-0.2, -0.15) is 0 Å². The van der Waals surface area contributed by atoms with Gasteiger partial charge in [0.05, 0.1) is 11.0 Å². The number of aromatic amines is 1. The zero-order chi connectivity index (χ0) is 36.5. The third-order valence-electron chi connectivity index (χ3n) is 12.3. The van der Waals surface area contributed by atoms with Gasteiger partial charge in [0.2, 0.25) is 0 Å². The molecular weight excluding hydrogens is 699 g/mol. The maximum Gasteiger partial charge on any atom is 0.160 e. The number of rotatable bonds is 0. The van der Waals surface area contributed by atoms with Crippen molar-refractivity contribution in [1.82, 2.24) is 4.98 Å². The number of aromatic nitrogens is 1. The normalized spacial score (nSPS) is 12.6. The number of fused-ring (bicyclic) bond motifs is 24. The second-order valence-corrected chi connectivity index (χ2v) is 16.2. The van der Waals surface area contributed by atoms with Gasteiger partial charge >= 0.3 is 0 Å². The largest absolute Gasteiger partial charge is 0.454 e. The van der Waals surface area contributed by atoms with E-state index in [0.29, 0.717) is 0 Å². The van der Waals surface area contributed by atoms with Crippen molar-refractivity contribution in [3.63, 3.8) is 0 Å². The van der Waals surface area contributed by atoms with E-state index in [1.807, 2.05) is 23.5 Å². The van der Waals surface area contributed by atoms with Crippen LogP contribution in [0.3, 0.4) is 0 Å². The van der Waals surface area contributed by atoms with Crippen LogP contribution in [0.15, 0.2) is 174 Å². The van der Waals surface area contributed by atoms with Gasteiger partial charge in [-0.1, -0.05) is 158 Å². The molecule has 0 unspecified atom stereocenters. The molecule has 0 saturated heterocycles. The van der Waals surface area contributed by atoms with Crippen molar-refractivity contribution < 1.29 is 4.42 Å². The molecule has 13 aromatic rings. The molecule has 0 fully saturated rings. The fourth-order valence-corrected chi connectivity index (χ4v) is 11.2. The van der Waals surface area contributed by atoms with Gasteiger partial charge in [0, 0.05) is 53.5 Å². The van der Waals surface area contributed by atoms with Crippen molar-refractivity contribution in [2.75, 3.05) is 0 Å². The van der Waals surface area contributed by atoms with Gasteiger partial charge in [-0.3, -0.25) is 0 Å². The van der Waals surface area contributed by atoms with E-state index in [1.54, 1.807) is 0 Å². The smallest absolute Gasteiger partial charge is 0.160 e. The molecule has 0 aliphatic heterocycles. The molecular formula is C53H31NOS. The number of benzene rings is 10. The number of thiophene rings is 1. The van der Waals surface area contributed by atoms with Crippen LogP contribution in [0.1, 0.15) is 11.1 Å². The summed E-state index contributed by atoms with van der Waals surface area (Å²) >= 11 is 1.96. The van der Waals surface area contributed by atoms with Crippen LogP contribution in [0.2, 0.25) is 0 Å². The van der Waals surface area contributed by atoms with E-state index < -0.39 is 0 Å². The molecule has 1 aliphatic rings. The van der Waals surface area contributed by atoms with Crippen LogP contribution in [0.4, 0.5) is 0 Å². The summed E-state index contributed by atoms with van der Waals surface area (Å²) in [5, 5.41) is 18.2. The third kappa shape index (κ3) is 4.05. The van der Waals surface area contributed by atoms with Gasteiger partial charge in [-0.25, -0.2) is 0 Å². The van der Waals surface area contributed by atoms with E-state index in [-0.39, 0.29) is 0 Å². The van der Waals surface area contributed by atoms with E-state index in [0.717, 1.165) is 23.1 Å². The summed E-state index contributed by atoms with van der Waals surface area (Å²) in [7, 11) is 0. The molecule has 0 bridgehead atoms. The van der Waals surface area contributed by atoms with Crippen LogP contribution in [-0.2, 0) is 6.42 Å². The molecule has 1 N–H and O–H groups in total. The maximum absolute atomic E-state index is 6.38. The molecule has 3 aromatic heterocycles. The van der Waals surface area contributed by atoms with Crippen LogP contribution in [0.5, 0.6) is 0 Å². The van der Waals surface area contributed by atoms with Crippen molar-refractivity contribution in [3.8, 4) is 11.1 Å². The predicted octanol–water partition coefficient (Wildman–Crippen LogP) is 15.5. The van der Waals surface area contributed by atoms with Crippen molar-refractivity contribution >= 4 is 118 Å². The Kier molecular flexibility index (Phi) is 6.13. The first-order valence-corrected chi connectivity index (χ1v) is 20.1. The van der Waals surface area contributed by atoms with Crippen molar-refractivity contribution in [3.05, 3.63) is 181 Å².